The Balaban J connectivity index is 1.95. The van der Waals surface area contributed by atoms with Crippen LogP contribution in [0.25, 0.3) is 0 Å². The van der Waals surface area contributed by atoms with Gasteiger partial charge in [0.2, 0.25) is 0 Å². The summed E-state index contributed by atoms with van der Waals surface area (Å²) in [5, 5.41) is 4.76. The lowest BCUT2D eigenvalue weighted by Gasteiger charge is -2.36. The molecule has 2 aliphatic rings. The van der Waals surface area contributed by atoms with Crippen LogP contribution in [-0.4, -0.2) is 23.5 Å². The Labute approximate surface area is 84.6 Å². The van der Waals surface area contributed by atoms with Crippen LogP contribution in [0.2, 0.25) is 0 Å². The van der Waals surface area contributed by atoms with E-state index in [4.69, 9.17) is 0 Å². The molecular weight excluding hydrogens is 180 g/mol. The number of aliphatic imine (C=N–C) groups is 1. The van der Waals surface area contributed by atoms with Gasteiger partial charge >= 0.3 is 0 Å². The minimum absolute atomic E-state index is 0.736. The Hall–Kier alpha value is -0.180. The first-order chi connectivity index (χ1) is 6.40. The third-order valence-electron chi connectivity index (χ3n) is 2.95. The van der Waals surface area contributed by atoms with E-state index in [1.807, 2.05) is 11.8 Å². The SMILES string of the molecule is CCN=C1NC2CCCCC2CS1. The van der Waals surface area contributed by atoms with Crippen molar-refractivity contribution in [3.05, 3.63) is 0 Å². The number of nitrogens with one attached hydrogen (secondary N) is 1. The number of hydrogen-bond donors (Lipinski definition) is 1. The lowest BCUT2D eigenvalue weighted by molar-refractivity contribution is 0.311. The number of thioether (sulfide) groups is 1. The molecule has 2 fully saturated rings. The minimum Gasteiger partial charge on any atom is -0.362 e. The fourth-order valence-corrected chi connectivity index (χ4v) is 3.44. The first-order valence-electron chi connectivity index (χ1n) is 5.34. The van der Waals surface area contributed by atoms with Gasteiger partial charge in [-0.1, -0.05) is 24.6 Å². The van der Waals surface area contributed by atoms with E-state index in [0.29, 0.717) is 0 Å². The van der Waals surface area contributed by atoms with Gasteiger partial charge < -0.3 is 5.32 Å². The number of hydrogen-bond acceptors (Lipinski definition) is 2. The zero-order valence-electron chi connectivity index (χ0n) is 8.25. The van der Waals surface area contributed by atoms with E-state index in [1.54, 1.807) is 0 Å². The Morgan fingerprint density at radius 2 is 2.31 bits per heavy atom. The third-order valence-corrected chi connectivity index (χ3v) is 4.07. The maximum absolute atomic E-state index is 4.44. The van der Waals surface area contributed by atoms with Crippen molar-refractivity contribution in [3.8, 4) is 0 Å². The van der Waals surface area contributed by atoms with Crippen LogP contribution in [0.15, 0.2) is 4.99 Å². The summed E-state index contributed by atoms with van der Waals surface area (Å²) >= 11 is 1.91. The van der Waals surface area contributed by atoms with Gasteiger partial charge in [0, 0.05) is 18.3 Å². The first-order valence-corrected chi connectivity index (χ1v) is 6.32. The summed E-state index contributed by atoms with van der Waals surface area (Å²) in [7, 11) is 0. The highest BCUT2D eigenvalue weighted by molar-refractivity contribution is 8.13. The molecule has 0 aromatic heterocycles. The van der Waals surface area contributed by atoms with Crippen LogP contribution in [0, 0.1) is 5.92 Å². The topological polar surface area (TPSA) is 24.4 Å². The van der Waals surface area contributed by atoms with Gasteiger partial charge in [-0.3, -0.25) is 4.99 Å². The van der Waals surface area contributed by atoms with Gasteiger partial charge in [0.15, 0.2) is 5.17 Å². The Morgan fingerprint density at radius 3 is 3.15 bits per heavy atom. The van der Waals surface area contributed by atoms with Crippen molar-refractivity contribution in [1.82, 2.24) is 5.32 Å². The monoisotopic (exact) mass is 198 g/mol. The third kappa shape index (κ3) is 2.19. The molecule has 74 valence electrons. The molecule has 0 aromatic rings. The van der Waals surface area contributed by atoms with Crippen molar-refractivity contribution in [2.75, 3.05) is 12.3 Å². The van der Waals surface area contributed by atoms with Gasteiger partial charge in [-0.2, -0.15) is 0 Å². The molecule has 1 aliphatic heterocycles. The number of rotatable bonds is 1. The number of fused-ring (bicyclic) bond motifs is 1. The highest BCUT2D eigenvalue weighted by Crippen LogP contribution is 2.31. The van der Waals surface area contributed by atoms with Crippen molar-refractivity contribution in [3.63, 3.8) is 0 Å². The largest absolute Gasteiger partial charge is 0.362 e. The Morgan fingerprint density at radius 1 is 1.46 bits per heavy atom. The molecule has 0 amide bonds. The molecule has 0 aromatic carbocycles. The molecule has 0 radical (unpaired) electrons. The molecule has 1 aliphatic carbocycles. The maximum atomic E-state index is 4.44. The lowest BCUT2D eigenvalue weighted by atomic mass is 9.86. The second-order valence-electron chi connectivity index (χ2n) is 3.89. The molecule has 2 atom stereocenters. The van der Waals surface area contributed by atoms with Crippen molar-refractivity contribution in [2.24, 2.45) is 10.9 Å². The normalized spacial score (nSPS) is 36.8. The summed E-state index contributed by atoms with van der Waals surface area (Å²) in [5.41, 5.74) is 0. The van der Waals surface area contributed by atoms with Gasteiger partial charge in [0.25, 0.3) is 0 Å². The minimum atomic E-state index is 0.736. The van der Waals surface area contributed by atoms with E-state index in [-0.39, 0.29) is 0 Å². The van der Waals surface area contributed by atoms with Gasteiger partial charge in [-0.15, -0.1) is 0 Å². The van der Waals surface area contributed by atoms with Gasteiger partial charge in [-0.25, -0.2) is 0 Å². The maximum Gasteiger partial charge on any atom is 0.156 e. The van der Waals surface area contributed by atoms with E-state index in [9.17, 15) is 0 Å². The van der Waals surface area contributed by atoms with E-state index < -0.39 is 0 Å². The van der Waals surface area contributed by atoms with Crippen molar-refractivity contribution < 1.29 is 0 Å². The zero-order chi connectivity index (χ0) is 9.10. The van der Waals surface area contributed by atoms with Crippen molar-refractivity contribution in [2.45, 2.75) is 38.6 Å². The van der Waals surface area contributed by atoms with E-state index in [0.717, 1.165) is 18.5 Å². The molecule has 1 heterocycles. The van der Waals surface area contributed by atoms with Crippen LogP contribution in [-0.2, 0) is 0 Å². The standard InChI is InChI=1S/C10H18N2S/c1-2-11-10-12-9-6-4-3-5-8(9)7-13-10/h8-9H,2-7H2,1H3,(H,11,12). The average molecular weight is 198 g/mol. The van der Waals surface area contributed by atoms with Crippen LogP contribution in [0.3, 0.4) is 0 Å². The molecule has 0 spiro atoms. The van der Waals surface area contributed by atoms with Crippen LogP contribution in [0.1, 0.15) is 32.6 Å². The predicted octanol–water partition coefficient (Wildman–Crippen LogP) is 2.26. The molecule has 0 bridgehead atoms. The van der Waals surface area contributed by atoms with Crippen molar-refractivity contribution in [1.29, 1.82) is 0 Å². The molecule has 1 saturated carbocycles. The number of amidine groups is 1. The summed E-state index contributed by atoms with van der Waals surface area (Å²) in [6.45, 7) is 3.01. The molecule has 3 heteroatoms. The fraction of sp³-hybridized carbons (Fsp3) is 0.900. The zero-order valence-corrected chi connectivity index (χ0v) is 9.07. The first kappa shape index (κ1) is 9.38. The molecule has 1 saturated heterocycles. The molecule has 2 rings (SSSR count). The number of nitrogens with zero attached hydrogens (tertiary/aromatic N) is 1. The lowest BCUT2D eigenvalue weighted by Crippen LogP contribution is -2.46. The molecule has 13 heavy (non-hydrogen) atoms. The quantitative estimate of drug-likeness (QED) is 0.699. The van der Waals surface area contributed by atoms with E-state index in [1.165, 1.54) is 36.6 Å². The highest BCUT2D eigenvalue weighted by atomic mass is 32.2. The second kappa shape index (κ2) is 4.36. The molecule has 2 nitrogen and oxygen atoms in total. The Kier molecular flexibility index (Phi) is 3.14. The van der Waals surface area contributed by atoms with E-state index >= 15 is 0 Å². The summed E-state index contributed by atoms with van der Waals surface area (Å²) in [6, 6.07) is 0.736. The summed E-state index contributed by atoms with van der Waals surface area (Å²) < 4.78 is 0. The van der Waals surface area contributed by atoms with E-state index in [2.05, 4.69) is 17.2 Å². The highest BCUT2D eigenvalue weighted by Gasteiger charge is 2.29. The average Bonchev–Trinajstić information content (AvgIpc) is 2.18. The predicted molar refractivity (Wildman–Crippen MR) is 59.3 cm³/mol. The fourth-order valence-electron chi connectivity index (χ4n) is 2.22. The van der Waals surface area contributed by atoms with Crippen LogP contribution in [0.5, 0.6) is 0 Å². The molecule has 1 N–H and O–H groups in total. The van der Waals surface area contributed by atoms with Crippen LogP contribution >= 0.6 is 11.8 Å². The van der Waals surface area contributed by atoms with Gasteiger partial charge in [0.05, 0.1) is 0 Å². The van der Waals surface area contributed by atoms with Crippen molar-refractivity contribution >= 4 is 16.9 Å². The Bertz CT molecular complexity index is 203. The molecule has 2 unspecified atom stereocenters. The molecular formula is C10H18N2S. The smallest absolute Gasteiger partial charge is 0.156 e. The summed E-state index contributed by atoms with van der Waals surface area (Å²) in [5.74, 6) is 2.20. The summed E-state index contributed by atoms with van der Waals surface area (Å²) in [6.07, 6.45) is 5.61. The second-order valence-corrected chi connectivity index (χ2v) is 4.89. The van der Waals surface area contributed by atoms with Gasteiger partial charge in [-0.05, 0) is 25.7 Å². The van der Waals surface area contributed by atoms with Crippen LogP contribution in [0.4, 0.5) is 0 Å². The summed E-state index contributed by atoms with van der Waals surface area (Å²) in [4.78, 5) is 4.44. The van der Waals surface area contributed by atoms with Crippen LogP contribution < -0.4 is 5.32 Å². The van der Waals surface area contributed by atoms with Gasteiger partial charge in [0.1, 0.15) is 0 Å².